The summed E-state index contributed by atoms with van der Waals surface area (Å²) < 4.78 is 6.01. The molecule has 1 aliphatic heterocycles. The molecule has 1 saturated heterocycles. The van der Waals surface area contributed by atoms with Crippen LogP contribution < -0.4 is 5.32 Å². The van der Waals surface area contributed by atoms with Crippen LogP contribution in [0.2, 0.25) is 0 Å². The summed E-state index contributed by atoms with van der Waals surface area (Å²) in [6.45, 7) is 1.77. The standard InChI is InChI=1S/C16H17BrN2O3S/c17-14-2-1-13(23-14)9-18-15(20)11-3-6-19(7-4-11)16(21)12-5-8-22-10-12/h1-2,5,8,10-11H,3-4,6-7,9H2,(H,18,20). The molecular formula is C16H17BrN2O3S. The van der Waals surface area contributed by atoms with Gasteiger partial charge >= 0.3 is 0 Å². The quantitative estimate of drug-likeness (QED) is 0.862. The molecule has 2 aromatic rings. The van der Waals surface area contributed by atoms with Crippen molar-refractivity contribution >= 4 is 39.1 Å². The SMILES string of the molecule is O=C(NCc1ccc(Br)s1)C1CCN(C(=O)c2ccoc2)CC1. The van der Waals surface area contributed by atoms with E-state index in [0.29, 0.717) is 38.0 Å². The van der Waals surface area contributed by atoms with E-state index in [2.05, 4.69) is 21.2 Å². The third-order valence-corrected chi connectivity index (χ3v) is 5.61. The molecule has 23 heavy (non-hydrogen) atoms. The number of hydrogen-bond donors (Lipinski definition) is 1. The Hall–Kier alpha value is -1.60. The molecule has 1 fully saturated rings. The Kier molecular flexibility index (Phi) is 5.17. The van der Waals surface area contributed by atoms with Crippen LogP contribution in [-0.2, 0) is 11.3 Å². The minimum atomic E-state index is -0.0268. The van der Waals surface area contributed by atoms with Crippen LogP contribution in [0, 0.1) is 5.92 Å². The zero-order valence-electron chi connectivity index (χ0n) is 12.5. The Balaban J connectivity index is 1.46. The molecule has 3 rings (SSSR count). The lowest BCUT2D eigenvalue weighted by atomic mass is 9.95. The Morgan fingerprint density at radius 1 is 1.30 bits per heavy atom. The lowest BCUT2D eigenvalue weighted by Gasteiger charge is -2.31. The van der Waals surface area contributed by atoms with Gasteiger partial charge in [0.2, 0.25) is 5.91 Å². The highest BCUT2D eigenvalue weighted by Crippen LogP contribution is 2.23. The fraction of sp³-hybridized carbons (Fsp3) is 0.375. The zero-order valence-corrected chi connectivity index (χ0v) is 14.9. The van der Waals surface area contributed by atoms with Gasteiger partial charge in [0.15, 0.2) is 0 Å². The molecule has 1 aliphatic rings. The van der Waals surface area contributed by atoms with Crippen LogP contribution in [0.1, 0.15) is 28.1 Å². The highest BCUT2D eigenvalue weighted by Gasteiger charge is 2.28. The third-order valence-electron chi connectivity index (χ3n) is 3.99. The second-order valence-electron chi connectivity index (χ2n) is 5.50. The van der Waals surface area contributed by atoms with Gasteiger partial charge in [-0.25, -0.2) is 0 Å². The van der Waals surface area contributed by atoms with Crippen LogP contribution in [-0.4, -0.2) is 29.8 Å². The number of nitrogens with zero attached hydrogens (tertiary/aromatic N) is 1. The van der Waals surface area contributed by atoms with Crippen LogP contribution in [0.15, 0.2) is 38.9 Å². The number of thiophene rings is 1. The summed E-state index contributed by atoms with van der Waals surface area (Å²) in [7, 11) is 0. The first-order chi connectivity index (χ1) is 11.1. The number of furan rings is 1. The Labute approximate surface area is 146 Å². The molecule has 0 unspecified atom stereocenters. The number of rotatable bonds is 4. The van der Waals surface area contributed by atoms with Gasteiger partial charge in [-0.3, -0.25) is 9.59 Å². The molecular weight excluding hydrogens is 380 g/mol. The molecule has 5 nitrogen and oxygen atoms in total. The number of piperidine rings is 1. The van der Waals surface area contributed by atoms with Gasteiger partial charge in [-0.15, -0.1) is 11.3 Å². The van der Waals surface area contributed by atoms with E-state index < -0.39 is 0 Å². The van der Waals surface area contributed by atoms with E-state index in [0.717, 1.165) is 8.66 Å². The second kappa shape index (κ2) is 7.31. The van der Waals surface area contributed by atoms with E-state index in [1.807, 2.05) is 12.1 Å². The molecule has 0 aliphatic carbocycles. The van der Waals surface area contributed by atoms with Gasteiger partial charge in [0.05, 0.1) is 22.2 Å². The first-order valence-corrected chi connectivity index (χ1v) is 9.08. The van der Waals surface area contributed by atoms with Gasteiger partial charge in [-0.1, -0.05) is 0 Å². The molecule has 0 saturated carbocycles. The molecule has 0 atom stereocenters. The number of amides is 2. The highest BCUT2D eigenvalue weighted by molar-refractivity contribution is 9.11. The molecule has 2 amide bonds. The Morgan fingerprint density at radius 2 is 2.09 bits per heavy atom. The second-order valence-corrected chi connectivity index (χ2v) is 8.05. The van der Waals surface area contributed by atoms with Crippen molar-refractivity contribution in [1.82, 2.24) is 10.2 Å². The normalized spacial score (nSPS) is 15.6. The first kappa shape index (κ1) is 16.3. The van der Waals surface area contributed by atoms with Crippen molar-refractivity contribution in [3.8, 4) is 0 Å². The average molecular weight is 397 g/mol. The van der Waals surface area contributed by atoms with E-state index in [-0.39, 0.29) is 17.7 Å². The fourth-order valence-corrected chi connectivity index (χ4v) is 4.10. The number of carbonyl (C=O) groups is 2. The van der Waals surface area contributed by atoms with E-state index in [1.165, 1.54) is 12.5 Å². The number of carbonyl (C=O) groups excluding carboxylic acids is 2. The van der Waals surface area contributed by atoms with Crippen LogP contribution in [0.5, 0.6) is 0 Å². The predicted octanol–water partition coefficient (Wildman–Crippen LogP) is 3.27. The number of halogens is 1. The molecule has 122 valence electrons. The zero-order chi connectivity index (χ0) is 16.2. The summed E-state index contributed by atoms with van der Waals surface area (Å²) in [5.41, 5.74) is 0.566. The molecule has 2 aromatic heterocycles. The first-order valence-electron chi connectivity index (χ1n) is 7.47. The van der Waals surface area contributed by atoms with Gasteiger partial charge in [0.25, 0.3) is 5.91 Å². The number of likely N-dealkylation sites (tertiary alicyclic amines) is 1. The smallest absolute Gasteiger partial charge is 0.257 e. The van der Waals surface area contributed by atoms with Crippen molar-refractivity contribution in [3.63, 3.8) is 0 Å². The summed E-state index contributed by atoms with van der Waals surface area (Å²) >= 11 is 5.03. The monoisotopic (exact) mass is 396 g/mol. The van der Waals surface area contributed by atoms with Crippen LogP contribution in [0.25, 0.3) is 0 Å². The Bertz CT molecular complexity index is 675. The minimum absolute atomic E-state index is 0.0215. The number of hydrogen-bond acceptors (Lipinski definition) is 4. The van der Waals surface area contributed by atoms with E-state index >= 15 is 0 Å². The van der Waals surface area contributed by atoms with Gasteiger partial charge in [-0.05, 0) is 47.0 Å². The molecule has 1 N–H and O–H groups in total. The maximum atomic E-state index is 12.2. The van der Waals surface area contributed by atoms with Crippen molar-refractivity contribution in [2.75, 3.05) is 13.1 Å². The van der Waals surface area contributed by atoms with Crippen LogP contribution in [0.4, 0.5) is 0 Å². The van der Waals surface area contributed by atoms with Crippen molar-refractivity contribution in [2.24, 2.45) is 5.92 Å². The van der Waals surface area contributed by atoms with Crippen molar-refractivity contribution in [3.05, 3.63) is 45.0 Å². The average Bonchev–Trinajstić information content (AvgIpc) is 3.24. The maximum Gasteiger partial charge on any atom is 0.257 e. The molecule has 0 aromatic carbocycles. The predicted molar refractivity (Wildman–Crippen MR) is 91.2 cm³/mol. The lowest BCUT2D eigenvalue weighted by molar-refractivity contribution is -0.126. The summed E-state index contributed by atoms with van der Waals surface area (Å²) in [5, 5.41) is 2.99. The summed E-state index contributed by atoms with van der Waals surface area (Å²) in [4.78, 5) is 27.4. The summed E-state index contributed by atoms with van der Waals surface area (Å²) in [6, 6.07) is 5.65. The Morgan fingerprint density at radius 3 is 2.70 bits per heavy atom. The topological polar surface area (TPSA) is 62.6 Å². The van der Waals surface area contributed by atoms with E-state index in [4.69, 9.17) is 4.42 Å². The molecule has 0 radical (unpaired) electrons. The van der Waals surface area contributed by atoms with Gasteiger partial charge in [0, 0.05) is 23.9 Å². The van der Waals surface area contributed by atoms with Crippen LogP contribution >= 0.6 is 27.3 Å². The van der Waals surface area contributed by atoms with Crippen molar-refractivity contribution in [1.29, 1.82) is 0 Å². The highest BCUT2D eigenvalue weighted by atomic mass is 79.9. The molecule has 3 heterocycles. The van der Waals surface area contributed by atoms with Crippen LogP contribution in [0.3, 0.4) is 0 Å². The number of nitrogens with one attached hydrogen (secondary N) is 1. The van der Waals surface area contributed by atoms with Crippen molar-refractivity contribution < 1.29 is 14.0 Å². The fourth-order valence-electron chi connectivity index (χ4n) is 2.68. The van der Waals surface area contributed by atoms with E-state index in [9.17, 15) is 9.59 Å². The lowest BCUT2D eigenvalue weighted by Crippen LogP contribution is -2.42. The maximum absolute atomic E-state index is 12.2. The summed E-state index contributed by atoms with van der Waals surface area (Å²) in [5.74, 6) is 0.0257. The van der Waals surface area contributed by atoms with Gasteiger partial charge in [0.1, 0.15) is 6.26 Å². The molecule has 0 spiro atoms. The molecule has 0 bridgehead atoms. The van der Waals surface area contributed by atoms with Crippen molar-refractivity contribution in [2.45, 2.75) is 19.4 Å². The van der Waals surface area contributed by atoms with Gasteiger partial charge < -0.3 is 14.6 Å². The minimum Gasteiger partial charge on any atom is -0.472 e. The largest absolute Gasteiger partial charge is 0.472 e. The van der Waals surface area contributed by atoms with Gasteiger partial charge in [-0.2, -0.15) is 0 Å². The summed E-state index contributed by atoms with van der Waals surface area (Å²) in [6.07, 6.45) is 4.35. The molecule has 7 heteroatoms. The van der Waals surface area contributed by atoms with E-state index in [1.54, 1.807) is 22.3 Å². The third kappa shape index (κ3) is 4.03.